The zero-order chi connectivity index (χ0) is 29.1. The molecule has 16 nitrogen and oxygen atoms in total. The third kappa shape index (κ3) is 5.83. The number of aromatic amines is 2. The zero-order valence-corrected chi connectivity index (χ0v) is 21.4. The first-order valence-electron chi connectivity index (χ1n) is 11.5. The van der Waals surface area contributed by atoms with Crippen molar-refractivity contribution in [2.75, 3.05) is 17.7 Å². The van der Waals surface area contributed by atoms with Crippen LogP contribution in [0.1, 0.15) is 18.5 Å². The maximum Gasteiger partial charge on any atom is 0.352 e. The Balaban J connectivity index is 1.52. The van der Waals surface area contributed by atoms with Gasteiger partial charge < -0.3 is 35.9 Å². The van der Waals surface area contributed by atoms with Crippen molar-refractivity contribution in [1.29, 1.82) is 0 Å². The number of carboxylic acids is 1. The molecule has 40 heavy (non-hydrogen) atoms. The van der Waals surface area contributed by atoms with Gasteiger partial charge >= 0.3 is 23.7 Å². The number of benzene rings is 1. The normalized spacial score (nSPS) is 18.6. The van der Waals surface area contributed by atoms with Crippen LogP contribution in [0.3, 0.4) is 0 Å². The van der Waals surface area contributed by atoms with E-state index >= 15 is 0 Å². The molecule has 2 aliphatic heterocycles. The summed E-state index contributed by atoms with van der Waals surface area (Å²) in [6.07, 6.45) is 0.960. The number of carboxylic acid groups (broad SMARTS) is 1. The average Bonchev–Trinajstić information content (AvgIpc) is 2.90. The number of aromatic nitrogens is 2. The Morgan fingerprint density at radius 1 is 1.18 bits per heavy atom. The predicted octanol–water partition coefficient (Wildman–Crippen LogP) is -1.07. The van der Waals surface area contributed by atoms with Gasteiger partial charge in [-0.3, -0.25) is 29.1 Å². The Kier molecular flexibility index (Phi) is 7.94. The van der Waals surface area contributed by atoms with Crippen LogP contribution in [0.5, 0.6) is 5.75 Å². The highest BCUT2D eigenvalue weighted by Crippen LogP contribution is 2.40. The lowest BCUT2D eigenvalue weighted by Crippen LogP contribution is -2.71. The second kappa shape index (κ2) is 11.4. The highest BCUT2D eigenvalue weighted by molar-refractivity contribution is 8.00. The van der Waals surface area contributed by atoms with E-state index in [0.29, 0.717) is 0 Å². The van der Waals surface area contributed by atoms with Crippen LogP contribution < -0.4 is 27.2 Å². The molecule has 1 saturated heterocycles. The molecule has 210 valence electrons. The van der Waals surface area contributed by atoms with Crippen molar-refractivity contribution in [1.82, 2.24) is 25.5 Å². The Labute approximate surface area is 227 Å². The maximum absolute atomic E-state index is 13.3. The SMILES string of the molecule is CC(=O)OCC1=C(C(=O)O)N2C(=O)C(NC(=O)[C@H](NC(=O)Nc3c[nH]c(=O)[nH]c3=O)c3ccc(O)cc3)[C@H]2SC1. The molecule has 4 rings (SSSR count). The largest absolute Gasteiger partial charge is 0.508 e. The number of esters is 1. The minimum atomic E-state index is -1.42. The van der Waals surface area contributed by atoms with E-state index in [2.05, 4.69) is 20.9 Å². The Morgan fingerprint density at radius 2 is 1.88 bits per heavy atom. The molecule has 7 N–H and O–H groups in total. The van der Waals surface area contributed by atoms with E-state index in [4.69, 9.17) is 4.74 Å². The summed E-state index contributed by atoms with van der Waals surface area (Å²) in [5, 5.41) is 25.6. The summed E-state index contributed by atoms with van der Waals surface area (Å²) in [4.78, 5) is 90.2. The molecule has 1 aromatic carbocycles. The molecule has 1 unspecified atom stereocenters. The van der Waals surface area contributed by atoms with E-state index in [1.54, 1.807) is 0 Å². The topological polar surface area (TPSA) is 240 Å². The number of H-pyrrole nitrogens is 2. The van der Waals surface area contributed by atoms with Crippen LogP contribution >= 0.6 is 11.8 Å². The first kappa shape index (κ1) is 28.0. The van der Waals surface area contributed by atoms with E-state index in [1.807, 2.05) is 4.98 Å². The molecule has 3 atom stereocenters. The van der Waals surface area contributed by atoms with Crippen LogP contribution in [0.4, 0.5) is 10.5 Å². The van der Waals surface area contributed by atoms with Crippen molar-refractivity contribution >= 4 is 47.2 Å². The second-order valence-electron chi connectivity index (χ2n) is 8.54. The lowest BCUT2D eigenvalue weighted by Gasteiger charge is -2.49. The van der Waals surface area contributed by atoms with Crippen LogP contribution in [-0.2, 0) is 23.9 Å². The van der Waals surface area contributed by atoms with Crippen LogP contribution in [0.15, 0.2) is 51.3 Å². The highest BCUT2D eigenvalue weighted by atomic mass is 32.2. The molecular formula is C23H22N6O10S. The number of fused-ring (bicyclic) bond motifs is 1. The number of carbonyl (C=O) groups is 5. The first-order chi connectivity index (χ1) is 19.0. The lowest BCUT2D eigenvalue weighted by molar-refractivity contribution is -0.151. The van der Waals surface area contributed by atoms with Gasteiger partial charge in [-0.2, -0.15) is 0 Å². The van der Waals surface area contributed by atoms with Crippen LogP contribution in [0, 0.1) is 0 Å². The molecule has 2 aliphatic rings. The van der Waals surface area contributed by atoms with Crippen molar-refractivity contribution in [3.05, 3.63) is 68.1 Å². The van der Waals surface area contributed by atoms with Gasteiger partial charge in [0.25, 0.3) is 11.5 Å². The van der Waals surface area contributed by atoms with E-state index in [9.17, 15) is 43.8 Å². The number of anilines is 1. The van der Waals surface area contributed by atoms with Gasteiger partial charge in [0, 0.05) is 24.4 Å². The number of nitrogens with zero attached hydrogens (tertiary/aromatic N) is 1. The Morgan fingerprint density at radius 3 is 2.50 bits per heavy atom. The fraction of sp³-hybridized carbons (Fsp3) is 0.261. The number of rotatable bonds is 8. The lowest BCUT2D eigenvalue weighted by atomic mass is 10.0. The number of carbonyl (C=O) groups excluding carboxylic acids is 4. The molecule has 2 aromatic rings. The Bertz CT molecular complexity index is 1530. The summed E-state index contributed by atoms with van der Waals surface area (Å²) in [5.41, 5.74) is -1.91. The third-order valence-corrected chi connectivity index (χ3v) is 7.17. The maximum atomic E-state index is 13.3. The number of amides is 4. The standard InChI is InChI=1S/C23H22N6O10S/c1-9(30)39-7-11-8-40-20-15(19(34)29(20)16(11)21(35)36)26-18(33)14(10-2-4-12(31)5-3-10)27-23(38)25-13-6-24-22(37)28-17(13)32/h2-6,14-15,20,31H,7-8H2,1H3,(H,26,33)(H,35,36)(H2,25,27,38)(H2,24,28,32,37)/t14-,15?,20-/m1/s1. The minimum Gasteiger partial charge on any atom is -0.508 e. The minimum absolute atomic E-state index is 0.117. The summed E-state index contributed by atoms with van der Waals surface area (Å²) in [6, 6.07) is 1.66. The Hall–Kier alpha value is -5.06. The van der Waals surface area contributed by atoms with E-state index in [1.165, 1.54) is 24.3 Å². The van der Waals surface area contributed by atoms with Crippen LogP contribution in [0.2, 0.25) is 0 Å². The number of phenols is 1. The van der Waals surface area contributed by atoms with E-state index in [-0.39, 0.29) is 40.6 Å². The first-order valence-corrected chi connectivity index (χ1v) is 12.5. The molecule has 0 radical (unpaired) electrons. The van der Waals surface area contributed by atoms with Crippen LogP contribution in [-0.4, -0.2) is 78.6 Å². The molecule has 0 saturated carbocycles. The van der Waals surface area contributed by atoms with Crippen molar-refractivity contribution in [2.45, 2.75) is 24.4 Å². The van der Waals surface area contributed by atoms with Gasteiger partial charge in [-0.25, -0.2) is 14.4 Å². The van der Waals surface area contributed by atoms with Crippen molar-refractivity contribution in [3.8, 4) is 5.75 Å². The molecule has 1 fully saturated rings. The summed E-state index contributed by atoms with van der Waals surface area (Å²) in [5.74, 6) is -3.59. The quantitative estimate of drug-likeness (QED) is 0.148. The molecule has 0 spiro atoms. The summed E-state index contributed by atoms with van der Waals surface area (Å²) >= 11 is 1.15. The molecule has 4 amide bonds. The molecule has 1 aromatic heterocycles. The number of hydrogen-bond donors (Lipinski definition) is 7. The monoisotopic (exact) mass is 574 g/mol. The van der Waals surface area contributed by atoms with Gasteiger partial charge in [-0.1, -0.05) is 12.1 Å². The number of nitrogens with one attached hydrogen (secondary N) is 5. The molecule has 3 heterocycles. The number of thioether (sulfide) groups is 1. The number of ether oxygens (including phenoxy) is 1. The fourth-order valence-corrected chi connectivity index (χ4v) is 5.31. The number of aliphatic carboxylic acids is 1. The number of urea groups is 1. The number of aromatic hydroxyl groups is 1. The van der Waals surface area contributed by atoms with Gasteiger partial charge in [-0.15, -0.1) is 11.8 Å². The number of phenolic OH excluding ortho intramolecular Hbond substituents is 1. The second-order valence-corrected chi connectivity index (χ2v) is 9.65. The highest BCUT2D eigenvalue weighted by Gasteiger charge is 2.54. The van der Waals surface area contributed by atoms with Gasteiger partial charge in [0.15, 0.2) is 0 Å². The fourth-order valence-electron chi connectivity index (χ4n) is 3.98. The summed E-state index contributed by atoms with van der Waals surface area (Å²) < 4.78 is 4.89. The number of β-lactam (4-membered cyclic amide) rings is 1. The molecule has 0 bridgehead atoms. The predicted molar refractivity (Wildman–Crippen MR) is 137 cm³/mol. The molecular weight excluding hydrogens is 552 g/mol. The number of hydrogen-bond acceptors (Lipinski definition) is 10. The molecule has 0 aliphatic carbocycles. The molecule has 17 heteroatoms. The van der Waals surface area contributed by atoms with Gasteiger partial charge in [-0.05, 0) is 17.7 Å². The van der Waals surface area contributed by atoms with E-state index in [0.717, 1.165) is 29.8 Å². The average molecular weight is 575 g/mol. The zero-order valence-electron chi connectivity index (χ0n) is 20.5. The van der Waals surface area contributed by atoms with Gasteiger partial charge in [0.05, 0.1) is 0 Å². The van der Waals surface area contributed by atoms with Crippen molar-refractivity contribution in [3.63, 3.8) is 0 Å². The van der Waals surface area contributed by atoms with Crippen molar-refractivity contribution < 1.29 is 38.9 Å². The summed E-state index contributed by atoms with van der Waals surface area (Å²) in [7, 11) is 0. The van der Waals surface area contributed by atoms with E-state index < -0.39 is 58.5 Å². The summed E-state index contributed by atoms with van der Waals surface area (Å²) in [6.45, 7) is 0.856. The van der Waals surface area contributed by atoms with Gasteiger partial charge in [0.2, 0.25) is 5.91 Å². The smallest absolute Gasteiger partial charge is 0.352 e. The van der Waals surface area contributed by atoms with Crippen molar-refractivity contribution in [2.24, 2.45) is 0 Å². The third-order valence-electron chi connectivity index (χ3n) is 5.83. The van der Waals surface area contributed by atoms with Gasteiger partial charge in [0.1, 0.15) is 41.2 Å². The van der Waals surface area contributed by atoms with Crippen LogP contribution in [0.25, 0.3) is 0 Å².